The van der Waals surface area contributed by atoms with Crippen LogP contribution in [0, 0.1) is 0 Å². The normalized spacial score (nSPS) is 12.2. The molecule has 1 aromatic carbocycles. The Morgan fingerprint density at radius 3 is 2.68 bits per heavy atom. The minimum absolute atomic E-state index is 0.150. The maximum Gasteiger partial charge on any atom is 0.239 e. The molecule has 0 saturated heterocycles. The highest BCUT2D eigenvalue weighted by molar-refractivity contribution is 5.81. The van der Waals surface area contributed by atoms with Gasteiger partial charge in [0.25, 0.3) is 0 Å². The van der Waals surface area contributed by atoms with E-state index in [4.69, 9.17) is 5.73 Å². The molecule has 0 aliphatic carbocycles. The average Bonchev–Trinajstić information content (AvgIpc) is 2.39. The van der Waals surface area contributed by atoms with Gasteiger partial charge in [-0.2, -0.15) is 0 Å². The Bertz CT molecular complexity index is 437. The molecule has 106 valence electrons. The lowest BCUT2D eigenvalue weighted by Crippen LogP contribution is -2.44. The molecule has 19 heavy (non-hydrogen) atoms. The van der Waals surface area contributed by atoms with Crippen molar-refractivity contribution >= 4 is 5.91 Å². The van der Waals surface area contributed by atoms with Gasteiger partial charge < -0.3 is 26.2 Å². The van der Waals surface area contributed by atoms with Crippen molar-refractivity contribution in [3.63, 3.8) is 0 Å². The first-order valence-corrected chi connectivity index (χ1v) is 6.11. The molecule has 0 saturated carbocycles. The number of carbonyl (C=O) groups excluding carboxylic acids is 1. The second-order valence-corrected chi connectivity index (χ2v) is 4.50. The van der Waals surface area contributed by atoms with Gasteiger partial charge in [-0.05, 0) is 31.2 Å². The molecule has 0 spiro atoms. The van der Waals surface area contributed by atoms with Crippen molar-refractivity contribution in [2.75, 3.05) is 27.2 Å². The molecular weight excluding hydrogens is 246 g/mol. The third-order valence-corrected chi connectivity index (χ3v) is 2.89. The molecule has 6 nitrogen and oxygen atoms in total. The number of benzene rings is 1. The predicted molar refractivity (Wildman–Crippen MR) is 73.0 cm³/mol. The highest BCUT2D eigenvalue weighted by atomic mass is 16.3. The number of rotatable bonds is 6. The molecule has 1 atom stereocenters. The van der Waals surface area contributed by atoms with Gasteiger partial charge in [0.2, 0.25) is 5.91 Å². The number of hydrogen-bond acceptors (Lipinski definition) is 5. The van der Waals surface area contributed by atoms with Gasteiger partial charge in [-0.1, -0.05) is 6.07 Å². The van der Waals surface area contributed by atoms with Crippen LogP contribution in [0.2, 0.25) is 0 Å². The van der Waals surface area contributed by atoms with Crippen LogP contribution in [-0.2, 0) is 11.2 Å². The van der Waals surface area contributed by atoms with Gasteiger partial charge in [-0.15, -0.1) is 0 Å². The number of carbonyl (C=O) groups is 1. The van der Waals surface area contributed by atoms with Gasteiger partial charge in [0.1, 0.15) is 0 Å². The molecule has 0 heterocycles. The van der Waals surface area contributed by atoms with E-state index in [1.807, 2.05) is 7.05 Å². The summed E-state index contributed by atoms with van der Waals surface area (Å²) in [6, 6.07) is 3.77. The zero-order valence-electron chi connectivity index (χ0n) is 11.3. The molecule has 0 fully saturated rings. The largest absolute Gasteiger partial charge is 0.504 e. The Kier molecular flexibility index (Phi) is 5.59. The second-order valence-electron chi connectivity index (χ2n) is 4.50. The lowest BCUT2D eigenvalue weighted by Gasteiger charge is -2.21. The molecule has 0 bridgehead atoms. The SMILES string of the molecule is CNCCN(C)C(=O)[C@@H](N)Cc1ccc(O)c(O)c1. The Balaban J connectivity index is 2.60. The van der Waals surface area contributed by atoms with E-state index in [1.165, 1.54) is 12.1 Å². The zero-order chi connectivity index (χ0) is 14.4. The minimum Gasteiger partial charge on any atom is -0.504 e. The van der Waals surface area contributed by atoms with Crippen molar-refractivity contribution in [1.29, 1.82) is 0 Å². The summed E-state index contributed by atoms with van der Waals surface area (Å²) in [6.45, 7) is 1.29. The third-order valence-electron chi connectivity index (χ3n) is 2.89. The van der Waals surface area contributed by atoms with Crippen LogP contribution in [0.25, 0.3) is 0 Å². The predicted octanol–water partition coefficient (Wildman–Crippen LogP) is -0.355. The summed E-state index contributed by atoms with van der Waals surface area (Å²) >= 11 is 0. The number of amides is 1. The van der Waals surface area contributed by atoms with Crippen molar-refractivity contribution in [1.82, 2.24) is 10.2 Å². The molecule has 1 rings (SSSR count). The van der Waals surface area contributed by atoms with E-state index in [1.54, 1.807) is 18.0 Å². The topological polar surface area (TPSA) is 98.8 Å². The van der Waals surface area contributed by atoms with Crippen molar-refractivity contribution < 1.29 is 15.0 Å². The Labute approximate surface area is 112 Å². The van der Waals surface area contributed by atoms with E-state index in [9.17, 15) is 15.0 Å². The summed E-state index contributed by atoms with van der Waals surface area (Å²) in [6.07, 6.45) is 0.316. The number of phenolic OH excluding ortho intramolecular Hbond substituents is 2. The maximum absolute atomic E-state index is 12.0. The minimum atomic E-state index is -0.661. The van der Waals surface area contributed by atoms with Crippen molar-refractivity contribution in [2.24, 2.45) is 5.73 Å². The number of nitrogens with zero attached hydrogens (tertiary/aromatic N) is 1. The molecule has 0 aromatic heterocycles. The number of phenols is 2. The summed E-state index contributed by atoms with van der Waals surface area (Å²) in [4.78, 5) is 13.5. The van der Waals surface area contributed by atoms with Gasteiger partial charge in [0.05, 0.1) is 6.04 Å². The molecular formula is C13H21N3O3. The summed E-state index contributed by atoms with van der Waals surface area (Å²) in [5.41, 5.74) is 6.56. The van der Waals surface area contributed by atoms with Crippen LogP contribution in [0.5, 0.6) is 11.5 Å². The smallest absolute Gasteiger partial charge is 0.239 e. The van der Waals surface area contributed by atoms with Crippen LogP contribution in [0.1, 0.15) is 5.56 Å². The van der Waals surface area contributed by atoms with E-state index >= 15 is 0 Å². The first kappa shape index (κ1) is 15.3. The van der Waals surface area contributed by atoms with E-state index in [0.717, 1.165) is 0 Å². The highest BCUT2D eigenvalue weighted by Gasteiger charge is 2.18. The van der Waals surface area contributed by atoms with E-state index in [0.29, 0.717) is 25.1 Å². The van der Waals surface area contributed by atoms with E-state index in [-0.39, 0.29) is 17.4 Å². The third kappa shape index (κ3) is 4.42. The molecule has 0 aliphatic heterocycles. The van der Waals surface area contributed by atoms with E-state index in [2.05, 4.69) is 5.32 Å². The van der Waals surface area contributed by atoms with Crippen LogP contribution in [-0.4, -0.2) is 54.2 Å². The number of likely N-dealkylation sites (N-methyl/N-ethyl adjacent to an activating group) is 2. The van der Waals surface area contributed by atoms with Gasteiger partial charge >= 0.3 is 0 Å². The molecule has 6 heteroatoms. The number of nitrogens with two attached hydrogens (primary N) is 1. The number of aromatic hydroxyl groups is 2. The fourth-order valence-electron chi connectivity index (χ4n) is 1.71. The number of hydrogen-bond donors (Lipinski definition) is 4. The van der Waals surface area contributed by atoms with Crippen LogP contribution >= 0.6 is 0 Å². The quantitative estimate of drug-likeness (QED) is 0.528. The molecule has 0 aliphatic rings. The van der Waals surface area contributed by atoms with Gasteiger partial charge in [-0.25, -0.2) is 0 Å². The summed E-state index contributed by atoms with van der Waals surface area (Å²) in [7, 11) is 3.52. The van der Waals surface area contributed by atoms with Crippen molar-refractivity contribution in [3.05, 3.63) is 23.8 Å². The van der Waals surface area contributed by atoms with E-state index < -0.39 is 6.04 Å². The van der Waals surface area contributed by atoms with Crippen LogP contribution in [0.15, 0.2) is 18.2 Å². The van der Waals surface area contributed by atoms with Crippen molar-refractivity contribution in [2.45, 2.75) is 12.5 Å². The van der Waals surface area contributed by atoms with Gasteiger partial charge in [0, 0.05) is 20.1 Å². The monoisotopic (exact) mass is 267 g/mol. The molecule has 0 unspecified atom stereocenters. The first-order valence-electron chi connectivity index (χ1n) is 6.11. The second kappa shape index (κ2) is 6.96. The molecule has 1 amide bonds. The first-order chi connectivity index (χ1) is 8.95. The zero-order valence-corrected chi connectivity index (χ0v) is 11.3. The average molecular weight is 267 g/mol. The Morgan fingerprint density at radius 2 is 2.11 bits per heavy atom. The maximum atomic E-state index is 12.0. The standard InChI is InChI=1S/C13H21N3O3/c1-15-5-6-16(2)13(19)10(14)7-9-3-4-11(17)12(18)8-9/h3-4,8,10,15,17-18H,5-7,14H2,1-2H3/t10-/m0/s1. The lowest BCUT2D eigenvalue weighted by atomic mass is 10.0. The molecule has 5 N–H and O–H groups in total. The van der Waals surface area contributed by atoms with Crippen LogP contribution in [0.3, 0.4) is 0 Å². The number of nitrogens with one attached hydrogen (secondary N) is 1. The Hall–Kier alpha value is -1.79. The summed E-state index contributed by atoms with van der Waals surface area (Å²) in [5, 5.41) is 21.6. The molecule has 1 aromatic rings. The summed E-state index contributed by atoms with van der Waals surface area (Å²) in [5.74, 6) is -0.543. The highest BCUT2D eigenvalue weighted by Crippen LogP contribution is 2.25. The van der Waals surface area contributed by atoms with Gasteiger partial charge in [-0.3, -0.25) is 4.79 Å². The molecule has 0 radical (unpaired) electrons. The van der Waals surface area contributed by atoms with Crippen LogP contribution < -0.4 is 11.1 Å². The lowest BCUT2D eigenvalue weighted by molar-refractivity contribution is -0.131. The summed E-state index contributed by atoms with van der Waals surface area (Å²) < 4.78 is 0. The van der Waals surface area contributed by atoms with Crippen LogP contribution in [0.4, 0.5) is 0 Å². The fraction of sp³-hybridized carbons (Fsp3) is 0.462. The fourth-order valence-corrected chi connectivity index (χ4v) is 1.71. The van der Waals surface area contributed by atoms with Gasteiger partial charge in [0.15, 0.2) is 11.5 Å². The Morgan fingerprint density at radius 1 is 1.42 bits per heavy atom. The van der Waals surface area contributed by atoms with Crippen molar-refractivity contribution in [3.8, 4) is 11.5 Å².